The molecule has 4 nitrogen and oxygen atoms in total. The predicted octanol–water partition coefficient (Wildman–Crippen LogP) is 1.87. The highest BCUT2D eigenvalue weighted by atomic mass is 16.2. The van der Waals surface area contributed by atoms with Crippen molar-refractivity contribution in [1.82, 2.24) is 10.6 Å². The maximum atomic E-state index is 11.6. The van der Waals surface area contributed by atoms with Gasteiger partial charge in [-0.15, -0.1) is 0 Å². The standard InChI is InChI=1S/C16H26N2O2/c1-12(11-18-14(20)16(5,6)7)9-8-10-17-13(19)15(2,3)4/h1,10-11H2,2-7H3,(H,17,19)(H,18,20). The van der Waals surface area contributed by atoms with Crippen LogP contribution >= 0.6 is 0 Å². The minimum atomic E-state index is -0.422. The molecule has 0 fully saturated rings. The van der Waals surface area contributed by atoms with E-state index in [1.165, 1.54) is 0 Å². The van der Waals surface area contributed by atoms with Crippen molar-refractivity contribution in [3.8, 4) is 11.8 Å². The number of hydrogen-bond acceptors (Lipinski definition) is 2. The van der Waals surface area contributed by atoms with E-state index in [4.69, 9.17) is 0 Å². The van der Waals surface area contributed by atoms with Crippen LogP contribution in [0.3, 0.4) is 0 Å². The van der Waals surface area contributed by atoms with Gasteiger partial charge in [-0.05, 0) is 0 Å². The Morgan fingerprint density at radius 2 is 1.40 bits per heavy atom. The molecule has 2 amide bonds. The van der Waals surface area contributed by atoms with E-state index >= 15 is 0 Å². The summed E-state index contributed by atoms with van der Waals surface area (Å²) in [6, 6.07) is 0. The third-order valence-corrected chi connectivity index (χ3v) is 2.43. The van der Waals surface area contributed by atoms with Crippen molar-refractivity contribution in [3.63, 3.8) is 0 Å². The van der Waals surface area contributed by atoms with E-state index in [0.29, 0.717) is 12.1 Å². The molecule has 112 valence electrons. The van der Waals surface area contributed by atoms with Crippen LogP contribution in [0.5, 0.6) is 0 Å². The van der Waals surface area contributed by atoms with Gasteiger partial charge in [0.1, 0.15) is 0 Å². The van der Waals surface area contributed by atoms with Gasteiger partial charge in [0, 0.05) is 16.4 Å². The first kappa shape index (κ1) is 18.2. The molecule has 0 saturated carbocycles. The fraction of sp³-hybridized carbons (Fsp3) is 0.625. The monoisotopic (exact) mass is 278 g/mol. The number of rotatable bonds is 3. The highest BCUT2D eigenvalue weighted by Crippen LogP contribution is 2.12. The molecule has 0 aromatic heterocycles. The van der Waals surface area contributed by atoms with Crippen molar-refractivity contribution in [2.45, 2.75) is 41.5 Å². The normalized spacial score (nSPS) is 11.1. The van der Waals surface area contributed by atoms with Gasteiger partial charge in [-0.1, -0.05) is 60.0 Å². The van der Waals surface area contributed by atoms with E-state index in [-0.39, 0.29) is 18.4 Å². The summed E-state index contributed by atoms with van der Waals surface area (Å²) < 4.78 is 0. The van der Waals surface area contributed by atoms with Gasteiger partial charge in [0.05, 0.1) is 13.1 Å². The summed E-state index contributed by atoms with van der Waals surface area (Å²) in [6.07, 6.45) is 0. The fourth-order valence-electron chi connectivity index (χ4n) is 1.06. The van der Waals surface area contributed by atoms with Crippen LogP contribution in [0.4, 0.5) is 0 Å². The summed E-state index contributed by atoms with van der Waals surface area (Å²) >= 11 is 0. The van der Waals surface area contributed by atoms with Crippen LogP contribution in [0.25, 0.3) is 0 Å². The van der Waals surface area contributed by atoms with E-state index in [1.807, 2.05) is 41.5 Å². The SMILES string of the molecule is C=C(C#CCNC(=O)C(C)(C)C)CNC(=O)C(C)(C)C. The van der Waals surface area contributed by atoms with Crippen molar-refractivity contribution in [2.75, 3.05) is 13.1 Å². The second-order valence-corrected chi connectivity index (χ2v) is 6.77. The lowest BCUT2D eigenvalue weighted by Crippen LogP contribution is -2.35. The second kappa shape index (κ2) is 7.14. The van der Waals surface area contributed by atoms with E-state index < -0.39 is 10.8 Å². The van der Waals surface area contributed by atoms with E-state index in [9.17, 15) is 9.59 Å². The Morgan fingerprint density at radius 3 is 1.85 bits per heavy atom. The van der Waals surface area contributed by atoms with Crippen LogP contribution in [0, 0.1) is 22.7 Å². The minimum Gasteiger partial charge on any atom is -0.351 e. The zero-order valence-corrected chi connectivity index (χ0v) is 13.4. The highest BCUT2D eigenvalue weighted by molar-refractivity contribution is 5.82. The average Bonchev–Trinajstić information content (AvgIpc) is 2.28. The predicted molar refractivity (Wildman–Crippen MR) is 81.8 cm³/mol. The molecule has 20 heavy (non-hydrogen) atoms. The van der Waals surface area contributed by atoms with E-state index in [1.54, 1.807) is 0 Å². The molecule has 0 unspecified atom stereocenters. The molecule has 0 atom stereocenters. The molecule has 0 radical (unpaired) electrons. The minimum absolute atomic E-state index is 0.0403. The Morgan fingerprint density at radius 1 is 0.950 bits per heavy atom. The van der Waals surface area contributed by atoms with Gasteiger partial charge in [0.25, 0.3) is 0 Å². The molecule has 0 rings (SSSR count). The van der Waals surface area contributed by atoms with Crippen LogP contribution in [0.15, 0.2) is 12.2 Å². The highest BCUT2D eigenvalue weighted by Gasteiger charge is 2.20. The van der Waals surface area contributed by atoms with Gasteiger partial charge in [-0.2, -0.15) is 0 Å². The number of carbonyl (C=O) groups is 2. The van der Waals surface area contributed by atoms with Crippen molar-refractivity contribution >= 4 is 11.8 Å². The maximum Gasteiger partial charge on any atom is 0.226 e. The van der Waals surface area contributed by atoms with Crippen LogP contribution in [0.2, 0.25) is 0 Å². The lowest BCUT2D eigenvalue weighted by atomic mass is 9.95. The fourth-order valence-corrected chi connectivity index (χ4v) is 1.06. The first-order valence-corrected chi connectivity index (χ1v) is 6.68. The molecular weight excluding hydrogens is 252 g/mol. The van der Waals surface area contributed by atoms with E-state index in [2.05, 4.69) is 29.1 Å². The lowest BCUT2D eigenvalue weighted by Gasteiger charge is -2.17. The summed E-state index contributed by atoms with van der Waals surface area (Å²) in [7, 11) is 0. The van der Waals surface area contributed by atoms with E-state index in [0.717, 1.165) is 0 Å². The number of nitrogens with one attached hydrogen (secondary N) is 2. The molecule has 4 heteroatoms. The summed E-state index contributed by atoms with van der Waals surface area (Å²) in [4.78, 5) is 23.2. The van der Waals surface area contributed by atoms with Crippen LogP contribution in [0.1, 0.15) is 41.5 Å². The second-order valence-electron chi connectivity index (χ2n) is 6.77. The third-order valence-electron chi connectivity index (χ3n) is 2.43. The molecule has 2 N–H and O–H groups in total. The number of hydrogen-bond donors (Lipinski definition) is 2. The van der Waals surface area contributed by atoms with Gasteiger partial charge in [-0.25, -0.2) is 0 Å². The molecular formula is C16H26N2O2. The molecule has 0 saturated heterocycles. The summed E-state index contributed by atoms with van der Waals surface area (Å²) in [6.45, 7) is 15.5. The van der Waals surface area contributed by atoms with Crippen LogP contribution in [-0.4, -0.2) is 24.9 Å². The van der Waals surface area contributed by atoms with Crippen molar-refractivity contribution in [2.24, 2.45) is 10.8 Å². The third kappa shape index (κ3) is 7.63. The Bertz CT molecular complexity index is 440. The maximum absolute atomic E-state index is 11.6. The summed E-state index contributed by atoms with van der Waals surface area (Å²) in [5, 5.41) is 5.49. The molecule has 0 aromatic carbocycles. The summed E-state index contributed by atoms with van der Waals surface area (Å²) in [5.74, 6) is 5.56. The Hall–Kier alpha value is -1.76. The molecule has 0 spiro atoms. The van der Waals surface area contributed by atoms with Gasteiger partial charge < -0.3 is 10.6 Å². The van der Waals surface area contributed by atoms with Crippen LogP contribution < -0.4 is 10.6 Å². The van der Waals surface area contributed by atoms with Crippen molar-refractivity contribution in [1.29, 1.82) is 0 Å². The van der Waals surface area contributed by atoms with Crippen LogP contribution in [-0.2, 0) is 9.59 Å². The zero-order valence-electron chi connectivity index (χ0n) is 13.4. The Labute approximate surface area is 122 Å². The zero-order chi connectivity index (χ0) is 16.0. The van der Waals surface area contributed by atoms with Gasteiger partial charge in [0.2, 0.25) is 11.8 Å². The Balaban J connectivity index is 4.10. The number of amides is 2. The topological polar surface area (TPSA) is 58.2 Å². The Kier molecular flexibility index (Phi) is 6.51. The molecule has 0 aromatic rings. The lowest BCUT2D eigenvalue weighted by molar-refractivity contribution is -0.128. The first-order chi connectivity index (χ1) is 8.94. The first-order valence-electron chi connectivity index (χ1n) is 6.68. The molecule has 0 bridgehead atoms. The average molecular weight is 278 g/mol. The summed E-state index contributed by atoms with van der Waals surface area (Å²) in [5.41, 5.74) is -0.221. The molecule has 0 aliphatic carbocycles. The van der Waals surface area contributed by atoms with Gasteiger partial charge in [0.15, 0.2) is 0 Å². The molecule has 0 heterocycles. The quantitative estimate of drug-likeness (QED) is 0.774. The van der Waals surface area contributed by atoms with Crippen molar-refractivity contribution < 1.29 is 9.59 Å². The van der Waals surface area contributed by atoms with Crippen molar-refractivity contribution in [3.05, 3.63) is 12.2 Å². The smallest absolute Gasteiger partial charge is 0.226 e. The number of carbonyl (C=O) groups excluding carboxylic acids is 2. The largest absolute Gasteiger partial charge is 0.351 e. The molecule has 0 aliphatic heterocycles. The van der Waals surface area contributed by atoms with Gasteiger partial charge in [-0.3, -0.25) is 9.59 Å². The molecule has 0 aliphatic rings. The van der Waals surface area contributed by atoms with Gasteiger partial charge >= 0.3 is 0 Å².